The minimum absolute atomic E-state index is 0.614. The molecule has 3 nitrogen and oxygen atoms in total. The van der Waals surface area contributed by atoms with E-state index in [4.69, 9.17) is 12.2 Å². The molecule has 5 heteroatoms. The van der Waals surface area contributed by atoms with Crippen molar-refractivity contribution in [3.05, 3.63) is 38.8 Å². The predicted octanol–water partition coefficient (Wildman–Crippen LogP) is 3.31. The molecule has 78 valence electrons. The molecule has 0 atom stereocenters. The molecular weight excluding hydrogens is 274 g/mol. The first-order chi connectivity index (χ1) is 7.09. The van der Waals surface area contributed by atoms with Gasteiger partial charge in [-0.3, -0.25) is 9.67 Å². The fraction of sp³-hybridized carbons (Fsp3) is 0.200. The number of H-pyrrole nitrogens is 1. The molecule has 1 aromatic heterocycles. The van der Waals surface area contributed by atoms with E-state index in [9.17, 15) is 0 Å². The Kier molecular flexibility index (Phi) is 2.75. The van der Waals surface area contributed by atoms with Crippen LogP contribution in [-0.4, -0.2) is 14.8 Å². The SMILES string of the molecule is Cc1ccc(-n2c(C)n[nH]c2=S)cc1Br. The standard InChI is InChI=1S/C10H10BrN3S/c1-6-3-4-8(5-9(6)11)14-7(2)12-13-10(14)15/h3-5H,1-2H3,(H,13,15). The Balaban J connectivity index is 2.65. The summed E-state index contributed by atoms with van der Waals surface area (Å²) in [6.07, 6.45) is 0. The molecule has 0 saturated carbocycles. The first-order valence-corrected chi connectivity index (χ1v) is 5.70. The highest BCUT2D eigenvalue weighted by Gasteiger charge is 2.04. The molecule has 1 N–H and O–H groups in total. The summed E-state index contributed by atoms with van der Waals surface area (Å²) in [4.78, 5) is 0. The van der Waals surface area contributed by atoms with Crippen LogP contribution in [0.5, 0.6) is 0 Å². The van der Waals surface area contributed by atoms with E-state index in [1.54, 1.807) is 0 Å². The number of benzene rings is 1. The van der Waals surface area contributed by atoms with Crippen molar-refractivity contribution in [3.63, 3.8) is 0 Å². The van der Waals surface area contributed by atoms with Crippen LogP contribution in [0.4, 0.5) is 0 Å². The van der Waals surface area contributed by atoms with E-state index in [-0.39, 0.29) is 0 Å². The fourth-order valence-electron chi connectivity index (χ4n) is 1.40. The summed E-state index contributed by atoms with van der Waals surface area (Å²) in [5.74, 6) is 0.857. The minimum Gasteiger partial charge on any atom is -0.272 e. The Hall–Kier alpha value is -0.940. The van der Waals surface area contributed by atoms with Gasteiger partial charge in [0.1, 0.15) is 5.82 Å². The van der Waals surface area contributed by atoms with Crippen LogP contribution < -0.4 is 0 Å². The second-order valence-corrected chi connectivity index (χ2v) is 4.59. The molecule has 0 aliphatic carbocycles. The Labute approximate surface area is 101 Å². The lowest BCUT2D eigenvalue weighted by Crippen LogP contribution is -1.97. The second kappa shape index (κ2) is 3.90. The normalized spacial score (nSPS) is 10.6. The third-order valence-electron chi connectivity index (χ3n) is 2.25. The van der Waals surface area contributed by atoms with Gasteiger partial charge in [0.05, 0.1) is 5.69 Å². The molecule has 0 bridgehead atoms. The van der Waals surface area contributed by atoms with Crippen LogP contribution in [0.2, 0.25) is 0 Å². The maximum atomic E-state index is 5.16. The van der Waals surface area contributed by atoms with Crippen LogP contribution in [0.25, 0.3) is 5.69 Å². The molecule has 15 heavy (non-hydrogen) atoms. The van der Waals surface area contributed by atoms with E-state index >= 15 is 0 Å². The van der Waals surface area contributed by atoms with E-state index in [1.165, 1.54) is 5.56 Å². The Morgan fingerprint density at radius 2 is 2.13 bits per heavy atom. The van der Waals surface area contributed by atoms with Crippen molar-refractivity contribution in [1.29, 1.82) is 0 Å². The molecule has 0 saturated heterocycles. The predicted molar refractivity (Wildman–Crippen MR) is 65.9 cm³/mol. The lowest BCUT2D eigenvalue weighted by atomic mass is 10.2. The Morgan fingerprint density at radius 1 is 1.40 bits per heavy atom. The van der Waals surface area contributed by atoms with E-state index < -0.39 is 0 Å². The van der Waals surface area contributed by atoms with Gasteiger partial charge in [-0.2, -0.15) is 5.10 Å². The zero-order valence-corrected chi connectivity index (χ0v) is 10.8. The number of aromatic amines is 1. The summed E-state index contributed by atoms with van der Waals surface area (Å²) >= 11 is 8.66. The molecule has 1 aromatic carbocycles. The smallest absolute Gasteiger partial charge is 0.199 e. The highest BCUT2D eigenvalue weighted by atomic mass is 79.9. The summed E-state index contributed by atoms with van der Waals surface area (Å²) in [5.41, 5.74) is 2.22. The number of halogens is 1. The number of nitrogens with zero attached hydrogens (tertiary/aromatic N) is 2. The maximum Gasteiger partial charge on any atom is 0.199 e. The molecule has 2 rings (SSSR count). The van der Waals surface area contributed by atoms with Gasteiger partial charge in [-0.05, 0) is 43.8 Å². The molecule has 0 amide bonds. The van der Waals surface area contributed by atoms with Gasteiger partial charge in [0.2, 0.25) is 0 Å². The zero-order valence-electron chi connectivity index (χ0n) is 8.41. The highest BCUT2D eigenvalue weighted by molar-refractivity contribution is 9.10. The monoisotopic (exact) mass is 283 g/mol. The van der Waals surface area contributed by atoms with Gasteiger partial charge >= 0.3 is 0 Å². The summed E-state index contributed by atoms with van der Waals surface area (Å²) < 4.78 is 3.59. The largest absolute Gasteiger partial charge is 0.272 e. The van der Waals surface area contributed by atoms with E-state index in [1.807, 2.05) is 29.7 Å². The van der Waals surface area contributed by atoms with Crippen molar-refractivity contribution in [2.45, 2.75) is 13.8 Å². The highest BCUT2D eigenvalue weighted by Crippen LogP contribution is 2.20. The average Bonchev–Trinajstić information content (AvgIpc) is 2.52. The van der Waals surface area contributed by atoms with Crippen molar-refractivity contribution in [3.8, 4) is 5.69 Å². The van der Waals surface area contributed by atoms with Gasteiger partial charge < -0.3 is 0 Å². The molecule has 0 unspecified atom stereocenters. The lowest BCUT2D eigenvalue weighted by Gasteiger charge is -2.05. The van der Waals surface area contributed by atoms with Gasteiger partial charge in [-0.1, -0.05) is 22.0 Å². The van der Waals surface area contributed by atoms with Crippen LogP contribution in [0.15, 0.2) is 22.7 Å². The molecule has 2 aromatic rings. The van der Waals surface area contributed by atoms with Crippen molar-refractivity contribution in [1.82, 2.24) is 14.8 Å². The molecule has 0 aliphatic heterocycles. The summed E-state index contributed by atoms with van der Waals surface area (Å²) in [6, 6.07) is 6.11. The third kappa shape index (κ3) is 1.89. The number of aromatic nitrogens is 3. The van der Waals surface area contributed by atoms with Gasteiger partial charge in [0.15, 0.2) is 4.77 Å². The summed E-state index contributed by atoms with van der Waals surface area (Å²) in [5, 5.41) is 6.85. The van der Waals surface area contributed by atoms with Crippen molar-refractivity contribution < 1.29 is 0 Å². The van der Waals surface area contributed by atoms with Crippen LogP contribution in [0.1, 0.15) is 11.4 Å². The fourth-order valence-corrected chi connectivity index (χ4v) is 2.05. The molecular formula is C10H10BrN3S. The average molecular weight is 284 g/mol. The zero-order chi connectivity index (χ0) is 11.0. The van der Waals surface area contributed by atoms with Crippen molar-refractivity contribution >= 4 is 28.1 Å². The quantitative estimate of drug-likeness (QED) is 0.815. The molecule has 0 fully saturated rings. The first kappa shape index (κ1) is 10.6. The number of hydrogen-bond donors (Lipinski definition) is 1. The van der Waals surface area contributed by atoms with Gasteiger partial charge in [-0.25, -0.2) is 0 Å². The van der Waals surface area contributed by atoms with Crippen LogP contribution in [0.3, 0.4) is 0 Å². The number of nitrogens with one attached hydrogen (secondary N) is 1. The second-order valence-electron chi connectivity index (χ2n) is 3.34. The molecule has 0 radical (unpaired) electrons. The minimum atomic E-state index is 0.614. The number of hydrogen-bond acceptors (Lipinski definition) is 2. The van der Waals surface area contributed by atoms with Crippen LogP contribution in [0, 0.1) is 18.6 Å². The Bertz CT molecular complexity index is 556. The summed E-state index contributed by atoms with van der Waals surface area (Å²) in [6.45, 7) is 3.97. The topological polar surface area (TPSA) is 33.6 Å². The van der Waals surface area contributed by atoms with Crippen LogP contribution >= 0.6 is 28.1 Å². The lowest BCUT2D eigenvalue weighted by molar-refractivity contribution is 0.961. The maximum absolute atomic E-state index is 5.16. The van der Waals surface area contributed by atoms with Crippen molar-refractivity contribution in [2.75, 3.05) is 0 Å². The first-order valence-electron chi connectivity index (χ1n) is 4.50. The van der Waals surface area contributed by atoms with Gasteiger partial charge in [0.25, 0.3) is 0 Å². The number of rotatable bonds is 1. The van der Waals surface area contributed by atoms with Crippen molar-refractivity contribution in [2.24, 2.45) is 0 Å². The van der Waals surface area contributed by atoms with E-state index in [2.05, 4.69) is 33.1 Å². The van der Waals surface area contributed by atoms with E-state index in [0.717, 1.165) is 16.0 Å². The molecule has 0 aliphatic rings. The van der Waals surface area contributed by atoms with Gasteiger partial charge in [-0.15, -0.1) is 0 Å². The molecule has 0 spiro atoms. The van der Waals surface area contributed by atoms with Gasteiger partial charge in [0, 0.05) is 4.47 Å². The Morgan fingerprint density at radius 3 is 2.67 bits per heavy atom. The van der Waals surface area contributed by atoms with Crippen LogP contribution in [-0.2, 0) is 0 Å². The number of aryl methyl sites for hydroxylation is 2. The molecule has 1 heterocycles. The van der Waals surface area contributed by atoms with E-state index in [0.29, 0.717) is 4.77 Å². The summed E-state index contributed by atoms with van der Waals surface area (Å²) in [7, 11) is 0. The third-order valence-corrected chi connectivity index (χ3v) is 3.38.